The molecule has 3 aromatic rings. The molecule has 0 radical (unpaired) electrons. The summed E-state index contributed by atoms with van der Waals surface area (Å²) in [5, 5.41) is 10.4. The number of β-amino-alcohol motifs (C(OH)–C–C–N with tert-alkyl or cyclic N) is 1. The van der Waals surface area contributed by atoms with E-state index in [0.717, 1.165) is 38.3 Å². The van der Waals surface area contributed by atoms with Gasteiger partial charge in [-0.25, -0.2) is 4.39 Å². The molecule has 1 heterocycles. The normalized spacial score (nSPS) is 16.2. The van der Waals surface area contributed by atoms with Crippen LogP contribution in [-0.2, 0) is 11.2 Å². The number of aliphatic hydroxyl groups is 1. The Kier molecular flexibility index (Phi) is 8.61. The molecule has 0 saturated carbocycles. The molecule has 5 heteroatoms. The summed E-state index contributed by atoms with van der Waals surface area (Å²) in [6.45, 7) is 6.00. The molecule has 0 aromatic heterocycles. The van der Waals surface area contributed by atoms with Crippen molar-refractivity contribution in [2.75, 3.05) is 45.9 Å². The number of piperazine rings is 1. The van der Waals surface area contributed by atoms with Crippen LogP contribution in [0.15, 0.2) is 84.9 Å². The van der Waals surface area contributed by atoms with Crippen molar-refractivity contribution < 1.29 is 14.2 Å². The molecule has 0 aliphatic carbocycles. The van der Waals surface area contributed by atoms with E-state index in [9.17, 15) is 9.50 Å². The molecular formula is C28H33FN2O2. The first-order valence-corrected chi connectivity index (χ1v) is 11.8. The predicted octanol–water partition coefficient (Wildman–Crippen LogP) is 4.15. The fraction of sp³-hybridized carbons (Fsp3) is 0.357. The molecule has 3 aromatic carbocycles. The summed E-state index contributed by atoms with van der Waals surface area (Å²) in [4.78, 5) is 4.73. The highest BCUT2D eigenvalue weighted by atomic mass is 19.1. The zero-order valence-electron chi connectivity index (χ0n) is 19.0. The van der Waals surface area contributed by atoms with Crippen molar-refractivity contribution in [2.24, 2.45) is 0 Å². The van der Waals surface area contributed by atoms with Crippen LogP contribution in [0.4, 0.5) is 4.39 Å². The topological polar surface area (TPSA) is 35.9 Å². The highest BCUT2D eigenvalue weighted by Crippen LogP contribution is 2.25. The van der Waals surface area contributed by atoms with Crippen LogP contribution >= 0.6 is 0 Å². The largest absolute Gasteiger partial charge is 0.391 e. The lowest BCUT2D eigenvalue weighted by atomic mass is 10.0. The quantitative estimate of drug-likeness (QED) is 0.505. The van der Waals surface area contributed by atoms with Crippen LogP contribution in [-0.4, -0.2) is 66.9 Å². The van der Waals surface area contributed by atoms with Crippen molar-refractivity contribution in [3.05, 3.63) is 107 Å². The van der Waals surface area contributed by atoms with Crippen molar-refractivity contribution >= 4 is 0 Å². The molecule has 1 atom stereocenters. The Balaban J connectivity index is 1.21. The van der Waals surface area contributed by atoms with Gasteiger partial charge < -0.3 is 9.84 Å². The molecule has 33 heavy (non-hydrogen) atoms. The molecule has 1 fully saturated rings. The van der Waals surface area contributed by atoms with Gasteiger partial charge in [-0.05, 0) is 35.2 Å². The Morgan fingerprint density at radius 1 is 0.758 bits per heavy atom. The summed E-state index contributed by atoms with van der Waals surface area (Å²) in [7, 11) is 0. The third-order valence-electron chi connectivity index (χ3n) is 6.22. The maximum absolute atomic E-state index is 13.1. The van der Waals surface area contributed by atoms with Gasteiger partial charge in [0.15, 0.2) is 0 Å². The summed E-state index contributed by atoms with van der Waals surface area (Å²) in [5.74, 6) is -0.243. The van der Waals surface area contributed by atoms with Crippen LogP contribution in [0.1, 0.15) is 22.8 Å². The van der Waals surface area contributed by atoms with Gasteiger partial charge in [0, 0.05) is 39.3 Å². The van der Waals surface area contributed by atoms with Crippen LogP contribution in [0.5, 0.6) is 0 Å². The first-order valence-electron chi connectivity index (χ1n) is 11.8. The minimum absolute atomic E-state index is 0.0599. The zero-order valence-corrected chi connectivity index (χ0v) is 19.0. The van der Waals surface area contributed by atoms with Crippen LogP contribution in [0.2, 0.25) is 0 Å². The molecule has 0 spiro atoms. The van der Waals surface area contributed by atoms with Gasteiger partial charge in [-0.2, -0.15) is 0 Å². The number of rotatable bonds is 10. The Hall–Kier alpha value is -2.57. The molecular weight excluding hydrogens is 415 g/mol. The Morgan fingerprint density at radius 3 is 1.88 bits per heavy atom. The molecule has 1 N–H and O–H groups in total. The lowest BCUT2D eigenvalue weighted by Crippen LogP contribution is -2.49. The minimum Gasteiger partial charge on any atom is -0.391 e. The van der Waals surface area contributed by atoms with E-state index < -0.39 is 6.10 Å². The molecule has 1 aliphatic rings. The lowest BCUT2D eigenvalue weighted by Gasteiger charge is -2.35. The smallest absolute Gasteiger partial charge is 0.123 e. The maximum Gasteiger partial charge on any atom is 0.123 e. The number of nitrogens with zero attached hydrogens (tertiary/aromatic N) is 2. The summed E-state index contributed by atoms with van der Waals surface area (Å²) in [5.41, 5.74) is 3.30. The summed E-state index contributed by atoms with van der Waals surface area (Å²) in [6, 6.07) is 27.1. The van der Waals surface area contributed by atoms with E-state index in [4.69, 9.17) is 4.74 Å². The number of halogens is 1. The van der Waals surface area contributed by atoms with Gasteiger partial charge in [0.2, 0.25) is 0 Å². The number of benzene rings is 3. The van der Waals surface area contributed by atoms with Gasteiger partial charge in [0.25, 0.3) is 0 Å². The average Bonchev–Trinajstić information content (AvgIpc) is 2.85. The molecule has 1 aliphatic heterocycles. The van der Waals surface area contributed by atoms with E-state index in [1.165, 1.54) is 23.3 Å². The Bertz CT molecular complexity index is 905. The number of ether oxygens (including phenoxy) is 1. The van der Waals surface area contributed by atoms with E-state index >= 15 is 0 Å². The average molecular weight is 449 g/mol. The van der Waals surface area contributed by atoms with Crippen molar-refractivity contribution in [1.29, 1.82) is 0 Å². The second-order valence-electron chi connectivity index (χ2n) is 8.70. The van der Waals surface area contributed by atoms with E-state index in [2.05, 4.69) is 58.3 Å². The van der Waals surface area contributed by atoms with Crippen molar-refractivity contribution in [3.63, 3.8) is 0 Å². The Labute approximate surface area is 196 Å². The van der Waals surface area contributed by atoms with Gasteiger partial charge in [-0.3, -0.25) is 9.80 Å². The summed E-state index contributed by atoms with van der Waals surface area (Å²) >= 11 is 0. The predicted molar refractivity (Wildman–Crippen MR) is 130 cm³/mol. The molecule has 1 saturated heterocycles. The zero-order chi connectivity index (χ0) is 22.9. The van der Waals surface area contributed by atoms with Crippen LogP contribution in [0, 0.1) is 5.82 Å². The third-order valence-corrected chi connectivity index (χ3v) is 6.22. The number of hydrogen-bond acceptors (Lipinski definition) is 4. The second kappa shape index (κ2) is 12.1. The van der Waals surface area contributed by atoms with E-state index in [1.54, 1.807) is 12.1 Å². The van der Waals surface area contributed by atoms with Gasteiger partial charge >= 0.3 is 0 Å². The second-order valence-corrected chi connectivity index (χ2v) is 8.70. The van der Waals surface area contributed by atoms with Gasteiger partial charge in [0.05, 0.1) is 12.7 Å². The van der Waals surface area contributed by atoms with Gasteiger partial charge in [-0.15, -0.1) is 0 Å². The molecule has 0 amide bonds. The first-order chi connectivity index (χ1) is 16.2. The summed E-state index contributed by atoms with van der Waals surface area (Å²) in [6.07, 6.45) is 0.0486. The Morgan fingerprint density at radius 2 is 1.30 bits per heavy atom. The van der Waals surface area contributed by atoms with Crippen molar-refractivity contribution in [2.45, 2.75) is 18.6 Å². The number of aliphatic hydroxyl groups excluding tert-OH is 1. The minimum atomic E-state index is -0.442. The third kappa shape index (κ3) is 7.21. The summed E-state index contributed by atoms with van der Waals surface area (Å²) < 4.78 is 19.4. The van der Waals surface area contributed by atoms with Crippen LogP contribution in [0.25, 0.3) is 0 Å². The van der Waals surface area contributed by atoms with Gasteiger partial charge in [-0.1, -0.05) is 72.8 Å². The lowest BCUT2D eigenvalue weighted by molar-refractivity contribution is 0.0353. The molecule has 4 nitrogen and oxygen atoms in total. The van der Waals surface area contributed by atoms with Crippen LogP contribution < -0.4 is 0 Å². The molecule has 4 rings (SSSR count). The first kappa shape index (κ1) is 23.6. The highest BCUT2D eigenvalue weighted by molar-refractivity contribution is 5.29. The van der Waals surface area contributed by atoms with Crippen molar-refractivity contribution in [1.82, 2.24) is 9.80 Å². The van der Waals surface area contributed by atoms with E-state index in [0.29, 0.717) is 19.6 Å². The highest BCUT2D eigenvalue weighted by Gasteiger charge is 2.20. The van der Waals surface area contributed by atoms with Gasteiger partial charge in [0.1, 0.15) is 11.9 Å². The standard InChI is InChI=1S/C28H33FN2O2/c29-26-13-11-23(12-14-26)21-27(32)22-31-17-15-30(16-18-31)19-20-33-28(24-7-3-1-4-8-24)25-9-5-2-6-10-25/h1-14,27-28,32H,15-22H2. The molecule has 1 unspecified atom stereocenters. The van der Waals surface area contributed by atoms with E-state index in [-0.39, 0.29) is 11.9 Å². The van der Waals surface area contributed by atoms with E-state index in [1.807, 2.05) is 12.1 Å². The number of hydrogen-bond donors (Lipinski definition) is 1. The fourth-order valence-electron chi connectivity index (χ4n) is 4.39. The van der Waals surface area contributed by atoms with Crippen LogP contribution in [0.3, 0.4) is 0 Å². The maximum atomic E-state index is 13.1. The monoisotopic (exact) mass is 448 g/mol. The van der Waals surface area contributed by atoms with Crippen molar-refractivity contribution in [3.8, 4) is 0 Å². The fourth-order valence-corrected chi connectivity index (χ4v) is 4.39. The molecule has 0 bridgehead atoms. The molecule has 174 valence electrons. The SMILES string of the molecule is OC(Cc1ccc(F)cc1)CN1CCN(CCOC(c2ccccc2)c2ccccc2)CC1.